The zero-order valence-electron chi connectivity index (χ0n) is 12.5. The molecule has 0 aromatic heterocycles. The van der Waals surface area contributed by atoms with E-state index in [4.69, 9.17) is 19.3 Å². The van der Waals surface area contributed by atoms with Crippen LogP contribution in [0, 0.1) is 0 Å². The van der Waals surface area contributed by atoms with Gasteiger partial charge in [0.15, 0.2) is 6.29 Å². The Morgan fingerprint density at radius 1 is 1.21 bits per heavy atom. The molecule has 3 atom stereocenters. The molecule has 4 nitrogen and oxygen atoms in total. The standard InChI is InChI=1S/C15H30O4/c1-3-4-5-6-7-8-9-17-13(2)10-15-18-12-14(11-16)19-15/h13-16H,3-12H2,1-2H3/t13?,14-,15+/m1/s1. The second-order valence-corrected chi connectivity index (χ2v) is 5.39. The molecule has 0 saturated carbocycles. The zero-order chi connectivity index (χ0) is 13.9. The molecule has 1 fully saturated rings. The van der Waals surface area contributed by atoms with Crippen LogP contribution in [-0.4, -0.2) is 43.4 Å². The van der Waals surface area contributed by atoms with Crippen molar-refractivity contribution in [2.45, 2.75) is 77.3 Å². The van der Waals surface area contributed by atoms with Gasteiger partial charge in [-0.3, -0.25) is 0 Å². The van der Waals surface area contributed by atoms with E-state index >= 15 is 0 Å². The molecule has 0 spiro atoms. The lowest BCUT2D eigenvalue weighted by Crippen LogP contribution is -2.21. The molecule has 1 aliphatic heterocycles. The van der Waals surface area contributed by atoms with Gasteiger partial charge >= 0.3 is 0 Å². The monoisotopic (exact) mass is 274 g/mol. The Bertz CT molecular complexity index is 210. The van der Waals surface area contributed by atoms with Crippen LogP contribution in [0.2, 0.25) is 0 Å². The van der Waals surface area contributed by atoms with E-state index in [1.807, 2.05) is 0 Å². The number of aliphatic hydroxyl groups is 1. The van der Waals surface area contributed by atoms with Crippen LogP contribution in [0.15, 0.2) is 0 Å². The molecular weight excluding hydrogens is 244 g/mol. The fourth-order valence-corrected chi connectivity index (χ4v) is 2.23. The molecule has 4 heteroatoms. The van der Waals surface area contributed by atoms with Crippen molar-refractivity contribution in [3.05, 3.63) is 0 Å². The second-order valence-electron chi connectivity index (χ2n) is 5.39. The maximum absolute atomic E-state index is 8.94. The number of aliphatic hydroxyl groups excluding tert-OH is 1. The Morgan fingerprint density at radius 2 is 1.95 bits per heavy atom. The molecule has 0 aromatic rings. The molecule has 0 radical (unpaired) electrons. The highest BCUT2D eigenvalue weighted by Crippen LogP contribution is 2.17. The molecule has 1 aliphatic rings. The first kappa shape index (κ1) is 16.9. The van der Waals surface area contributed by atoms with E-state index in [2.05, 4.69) is 13.8 Å². The van der Waals surface area contributed by atoms with Crippen molar-refractivity contribution in [3.63, 3.8) is 0 Å². The summed E-state index contributed by atoms with van der Waals surface area (Å²) in [5.74, 6) is 0. The fraction of sp³-hybridized carbons (Fsp3) is 1.00. The van der Waals surface area contributed by atoms with Gasteiger partial charge in [0.1, 0.15) is 6.10 Å². The minimum atomic E-state index is -0.211. The molecule has 1 N–H and O–H groups in total. The van der Waals surface area contributed by atoms with Gasteiger partial charge in [0, 0.05) is 13.0 Å². The van der Waals surface area contributed by atoms with E-state index in [0.29, 0.717) is 6.61 Å². The molecule has 0 amide bonds. The predicted molar refractivity (Wildman–Crippen MR) is 75.1 cm³/mol. The normalized spacial score (nSPS) is 24.8. The highest BCUT2D eigenvalue weighted by molar-refractivity contribution is 4.66. The van der Waals surface area contributed by atoms with Crippen molar-refractivity contribution in [1.82, 2.24) is 0 Å². The summed E-state index contributed by atoms with van der Waals surface area (Å²) in [7, 11) is 0. The van der Waals surface area contributed by atoms with Gasteiger partial charge in [0.25, 0.3) is 0 Å². The average molecular weight is 274 g/mol. The lowest BCUT2D eigenvalue weighted by atomic mass is 10.1. The smallest absolute Gasteiger partial charge is 0.160 e. The summed E-state index contributed by atoms with van der Waals surface area (Å²) in [5.41, 5.74) is 0. The highest BCUT2D eigenvalue weighted by Gasteiger charge is 2.26. The number of unbranched alkanes of at least 4 members (excludes halogenated alkanes) is 5. The van der Waals surface area contributed by atoms with Crippen LogP contribution in [0.4, 0.5) is 0 Å². The van der Waals surface area contributed by atoms with Crippen LogP contribution in [0.1, 0.15) is 58.8 Å². The van der Waals surface area contributed by atoms with Crippen molar-refractivity contribution in [1.29, 1.82) is 0 Å². The van der Waals surface area contributed by atoms with Gasteiger partial charge in [-0.25, -0.2) is 0 Å². The third kappa shape index (κ3) is 7.88. The molecule has 1 unspecified atom stereocenters. The Balaban J connectivity index is 1.92. The molecule has 0 bridgehead atoms. The van der Waals surface area contributed by atoms with Crippen LogP contribution in [0.5, 0.6) is 0 Å². The predicted octanol–water partition coefficient (Wildman–Crippen LogP) is 2.88. The Hall–Kier alpha value is -0.160. The van der Waals surface area contributed by atoms with Gasteiger partial charge in [0.05, 0.1) is 19.3 Å². The molecule has 114 valence electrons. The van der Waals surface area contributed by atoms with E-state index in [-0.39, 0.29) is 25.1 Å². The van der Waals surface area contributed by atoms with Crippen LogP contribution in [0.3, 0.4) is 0 Å². The van der Waals surface area contributed by atoms with Crippen molar-refractivity contribution >= 4 is 0 Å². The summed E-state index contributed by atoms with van der Waals surface area (Å²) in [4.78, 5) is 0. The Labute approximate surface area is 117 Å². The quantitative estimate of drug-likeness (QED) is 0.589. The van der Waals surface area contributed by atoms with E-state index in [1.165, 1.54) is 32.1 Å². The summed E-state index contributed by atoms with van der Waals surface area (Å²) < 4.78 is 16.7. The maximum Gasteiger partial charge on any atom is 0.160 e. The molecule has 1 heterocycles. The van der Waals surface area contributed by atoms with Gasteiger partial charge in [-0.15, -0.1) is 0 Å². The summed E-state index contributed by atoms with van der Waals surface area (Å²) in [6.45, 7) is 5.63. The van der Waals surface area contributed by atoms with Gasteiger partial charge in [-0.2, -0.15) is 0 Å². The van der Waals surface area contributed by atoms with Crippen molar-refractivity contribution in [3.8, 4) is 0 Å². The summed E-state index contributed by atoms with van der Waals surface area (Å²) in [6.07, 6.45) is 8.23. The van der Waals surface area contributed by atoms with Crippen LogP contribution in [0.25, 0.3) is 0 Å². The van der Waals surface area contributed by atoms with E-state index in [1.54, 1.807) is 0 Å². The van der Waals surface area contributed by atoms with Crippen LogP contribution in [-0.2, 0) is 14.2 Å². The Kier molecular flexibility index (Phi) is 9.43. The van der Waals surface area contributed by atoms with Crippen molar-refractivity contribution in [2.24, 2.45) is 0 Å². The number of hydrogen-bond donors (Lipinski definition) is 1. The summed E-state index contributed by atoms with van der Waals surface area (Å²) >= 11 is 0. The zero-order valence-corrected chi connectivity index (χ0v) is 12.5. The van der Waals surface area contributed by atoms with E-state index in [0.717, 1.165) is 19.4 Å². The van der Waals surface area contributed by atoms with Gasteiger partial charge in [-0.05, 0) is 13.3 Å². The lowest BCUT2D eigenvalue weighted by molar-refractivity contribution is -0.0959. The third-order valence-corrected chi connectivity index (χ3v) is 3.44. The maximum atomic E-state index is 8.94. The molecular formula is C15H30O4. The van der Waals surface area contributed by atoms with Crippen molar-refractivity contribution < 1.29 is 19.3 Å². The summed E-state index contributed by atoms with van der Waals surface area (Å²) in [5, 5.41) is 8.94. The third-order valence-electron chi connectivity index (χ3n) is 3.44. The molecule has 1 saturated heterocycles. The minimum Gasteiger partial charge on any atom is -0.394 e. The summed E-state index contributed by atoms with van der Waals surface area (Å²) in [6, 6.07) is 0. The van der Waals surface area contributed by atoms with Gasteiger partial charge < -0.3 is 19.3 Å². The molecule has 0 aromatic carbocycles. The first-order chi connectivity index (χ1) is 9.26. The van der Waals surface area contributed by atoms with Crippen LogP contribution >= 0.6 is 0 Å². The molecule has 19 heavy (non-hydrogen) atoms. The average Bonchev–Trinajstić information content (AvgIpc) is 2.85. The SMILES string of the molecule is CCCCCCCCOC(C)C[C@H]1OC[C@@H](CO)O1. The number of rotatable bonds is 11. The topological polar surface area (TPSA) is 47.9 Å². The number of ether oxygens (including phenoxy) is 3. The minimum absolute atomic E-state index is 0.0312. The Morgan fingerprint density at radius 3 is 2.63 bits per heavy atom. The molecule has 1 rings (SSSR count). The fourth-order valence-electron chi connectivity index (χ4n) is 2.23. The van der Waals surface area contributed by atoms with E-state index < -0.39 is 0 Å². The largest absolute Gasteiger partial charge is 0.394 e. The molecule has 0 aliphatic carbocycles. The number of hydrogen-bond acceptors (Lipinski definition) is 4. The van der Waals surface area contributed by atoms with Gasteiger partial charge in [0.2, 0.25) is 0 Å². The first-order valence-electron chi connectivity index (χ1n) is 7.75. The first-order valence-corrected chi connectivity index (χ1v) is 7.75. The van der Waals surface area contributed by atoms with Crippen molar-refractivity contribution in [2.75, 3.05) is 19.8 Å². The van der Waals surface area contributed by atoms with E-state index in [9.17, 15) is 0 Å². The second kappa shape index (κ2) is 10.6. The highest BCUT2D eigenvalue weighted by atomic mass is 16.7. The van der Waals surface area contributed by atoms with Crippen LogP contribution < -0.4 is 0 Å². The lowest BCUT2D eigenvalue weighted by Gasteiger charge is -2.17. The van der Waals surface area contributed by atoms with Gasteiger partial charge in [-0.1, -0.05) is 39.0 Å².